The van der Waals surface area contributed by atoms with Gasteiger partial charge in [-0.15, -0.1) is 0 Å². The minimum Gasteiger partial charge on any atom is -0.508 e. The molecule has 0 amide bonds. The second kappa shape index (κ2) is 3.34. The van der Waals surface area contributed by atoms with Crippen molar-refractivity contribution in [3.05, 3.63) is 29.8 Å². The van der Waals surface area contributed by atoms with Crippen LogP contribution in [0.25, 0.3) is 0 Å². The average molecular weight is 167 g/mol. The van der Waals surface area contributed by atoms with Gasteiger partial charge in [0.25, 0.3) is 0 Å². The summed E-state index contributed by atoms with van der Waals surface area (Å²) >= 11 is 4.73. The lowest BCUT2D eigenvalue weighted by molar-refractivity contribution is 0.475. The molecule has 3 heteroatoms. The molecule has 0 unspecified atom stereocenters. The minimum atomic E-state index is 0.261. The lowest BCUT2D eigenvalue weighted by atomic mass is 10.1. The molecule has 0 aliphatic rings. The molecule has 0 saturated heterocycles. The number of nitrogens with two attached hydrogens (primary N) is 1. The first-order valence-electron chi connectivity index (χ1n) is 3.24. The van der Waals surface area contributed by atoms with E-state index in [0.717, 1.165) is 5.56 Å². The summed E-state index contributed by atoms with van der Waals surface area (Å²) in [5.41, 5.74) is 6.35. The topological polar surface area (TPSA) is 46.2 Å². The molecule has 0 heterocycles. The van der Waals surface area contributed by atoms with Gasteiger partial charge in [0.05, 0.1) is 4.99 Å². The van der Waals surface area contributed by atoms with E-state index in [4.69, 9.17) is 23.1 Å². The molecule has 11 heavy (non-hydrogen) atoms. The van der Waals surface area contributed by atoms with E-state index >= 15 is 0 Å². The molecule has 3 N–H and O–H groups in total. The van der Waals surface area contributed by atoms with Crippen LogP contribution >= 0.6 is 12.2 Å². The molecular weight excluding hydrogens is 158 g/mol. The number of hydrogen-bond donors (Lipinski definition) is 2. The van der Waals surface area contributed by atoms with Gasteiger partial charge in [-0.3, -0.25) is 0 Å². The fraction of sp³-hybridized carbons (Fsp3) is 0.125. The van der Waals surface area contributed by atoms with Crippen molar-refractivity contribution in [3.63, 3.8) is 0 Å². The van der Waals surface area contributed by atoms with Crippen LogP contribution in [0.2, 0.25) is 0 Å². The Morgan fingerprint density at radius 1 is 1.36 bits per heavy atom. The van der Waals surface area contributed by atoms with Gasteiger partial charge in [0.1, 0.15) is 5.75 Å². The summed E-state index contributed by atoms with van der Waals surface area (Å²) in [5.74, 6) is 0.261. The molecule has 0 radical (unpaired) electrons. The van der Waals surface area contributed by atoms with Crippen LogP contribution in [0.15, 0.2) is 24.3 Å². The molecule has 0 saturated carbocycles. The number of phenolic OH excluding ortho intramolecular Hbond substituents is 1. The molecule has 0 atom stereocenters. The third-order valence-corrected chi connectivity index (χ3v) is 1.46. The zero-order valence-electron chi connectivity index (χ0n) is 5.95. The average Bonchev–Trinajstić information content (AvgIpc) is 1.93. The molecular formula is C8H9NOS. The number of rotatable bonds is 2. The van der Waals surface area contributed by atoms with Gasteiger partial charge in [-0.1, -0.05) is 24.4 Å². The molecule has 1 aromatic carbocycles. The lowest BCUT2D eigenvalue weighted by Gasteiger charge is -1.98. The Labute approximate surface area is 70.7 Å². The maximum absolute atomic E-state index is 8.93. The van der Waals surface area contributed by atoms with Gasteiger partial charge >= 0.3 is 0 Å². The van der Waals surface area contributed by atoms with Gasteiger partial charge in [0.2, 0.25) is 0 Å². The Kier molecular flexibility index (Phi) is 2.44. The number of thiocarbonyl (C=S) groups is 1. The molecule has 0 aliphatic carbocycles. The fourth-order valence-electron chi connectivity index (χ4n) is 0.815. The van der Waals surface area contributed by atoms with Crippen molar-refractivity contribution < 1.29 is 5.11 Å². The summed E-state index contributed by atoms with van der Waals surface area (Å²) in [6.45, 7) is 0. The molecule has 0 spiro atoms. The predicted molar refractivity (Wildman–Crippen MR) is 48.6 cm³/mol. The normalized spacial score (nSPS) is 9.45. The van der Waals surface area contributed by atoms with Crippen LogP contribution < -0.4 is 5.73 Å². The van der Waals surface area contributed by atoms with E-state index in [1.54, 1.807) is 24.3 Å². The van der Waals surface area contributed by atoms with Crippen molar-refractivity contribution in [2.45, 2.75) is 6.42 Å². The Hall–Kier alpha value is -1.09. The molecule has 0 fully saturated rings. The lowest BCUT2D eigenvalue weighted by Crippen LogP contribution is -2.10. The Morgan fingerprint density at radius 3 is 2.36 bits per heavy atom. The van der Waals surface area contributed by atoms with Crippen molar-refractivity contribution >= 4 is 17.2 Å². The monoisotopic (exact) mass is 167 g/mol. The molecule has 1 aromatic rings. The summed E-state index contributed by atoms with van der Waals surface area (Å²) in [4.78, 5) is 0.468. The second-order valence-corrected chi connectivity index (χ2v) is 2.83. The van der Waals surface area contributed by atoms with Crippen LogP contribution in [0.1, 0.15) is 5.56 Å². The van der Waals surface area contributed by atoms with Gasteiger partial charge in [-0.25, -0.2) is 0 Å². The van der Waals surface area contributed by atoms with E-state index in [2.05, 4.69) is 0 Å². The summed E-state index contributed by atoms with van der Waals surface area (Å²) in [7, 11) is 0. The maximum Gasteiger partial charge on any atom is 0.115 e. The van der Waals surface area contributed by atoms with Gasteiger partial charge < -0.3 is 10.8 Å². The highest BCUT2D eigenvalue weighted by molar-refractivity contribution is 7.80. The molecule has 0 aliphatic heterocycles. The van der Waals surface area contributed by atoms with Crippen LogP contribution in [0.5, 0.6) is 5.75 Å². The van der Waals surface area contributed by atoms with Crippen molar-refractivity contribution in [2.24, 2.45) is 5.73 Å². The van der Waals surface area contributed by atoms with E-state index in [1.165, 1.54) is 0 Å². The fourth-order valence-corrected chi connectivity index (χ4v) is 0.982. The molecule has 0 aromatic heterocycles. The summed E-state index contributed by atoms with van der Waals surface area (Å²) < 4.78 is 0. The first-order chi connectivity index (χ1) is 5.18. The largest absolute Gasteiger partial charge is 0.508 e. The molecule has 58 valence electrons. The highest BCUT2D eigenvalue weighted by atomic mass is 32.1. The highest BCUT2D eigenvalue weighted by Gasteiger charge is 1.93. The van der Waals surface area contributed by atoms with Gasteiger partial charge in [0, 0.05) is 6.42 Å². The Balaban J connectivity index is 2.74. The van der Waals surface area contributed by atoms with Crippen LogP contribution in [0.3, 0.4) is 0 Å². The number of phenols is 1. The van der Waals surface area contributed by atoms with Crippen LogP contribution in [0, 0.1) is 0 Å². The molecule has 1 rings (SSSR count). The number of hydrogen-bond acceptors (Lipinski definition) is 2. The van der Waals surface area contributed by atoms with Gasteiger partial charge in [-0.2, -0.15) is 0 Å². The van der Waals surface area contributed by atoms with Crippen molar-refractivity contribution in [1.29, 1.82) is 0 Å². The summed E-state index contributed by atoms with van der Waals surface area (Å²) in [6, 6.07) is 6.84. The quantitative estimate of drug-likeness (QED) is 0.651. The third-order valence-electron chi connectivity index (χ3n) is 1.31. The number of aromatic hydroxyl groups is 1. The van der Waals surface area contributed by atoms with E-state index in [-0.39, 0.29) is 5.75 Å². The zero-order chi connectivity index (χ0) is 8.27. The van der Waals surface area contributed by atoms with Gasteiger partial charge in [0.15, 0.2) is 0 Å². The first kappa shape index (κ1) is 8.01. The minimum absolute atomic E-state index is 0.261. The second-order valence-electron chi connectivity index (χ2n) is 2.31. The Bertz CT molecular complexity index is 255. The zero-order valence-corrected chi connectivity index (χ0v) is 6.77. The van der Waals surface area contributed by atoms with E-state index in [1.807, 2.05) is 0 Å². The SMILES string of the molecule is NC(=S)Cc1ccc(O)cc1. The first-order valence-corrected chi connectivity index (χ1v) is 3.65. The number of benzene rings is 1. The van der Waals surface area contributed by atoms with Crippen LogP contribution in [0.4, 0.5) is 0 Å². The smallest absolute Gasteiger partial charge is 0.115 e. The standard InChI is InChI=1S/C8H9NOS/c9-8(11)5-6-1-3-7(10)4-2-6/h1-4,10H,5H2,(H2,9,11). The molecule has 2 nitrogen and oxygen atoms in total. The maximum atomic E-state index is 8.93. The molecule has 0 bridgehead atoms. The van der Waals surface area contributed by atoms with Crippen molar-refractivity contribution in [3.8, 4) is 5.75 Å². The van der Waals surface area contributed by atoms with Crippen LogP contribution in [-0.2, 0) is 6.42 Å². The predicted octanol–water partition coefficient (Wildman–Crippen LogP) is 1.22. The van der Waals surface area contributed by atoms with E-state index in [9.17, 15) is 0 Å². The van der Waals surface area contributed by atoms with Crippen molar-refractivity contribution in [1.82, 2.24) is 0 Å². The summed E-state index contributed by atoms with van der Waals surface area (Å²) in [5, 5.41) is 8.93. The summed E-state index contributed by atoms with van der Waals surface area (Å²) in [6.07, 6.45) is 0.593. The van der Waals surface area contributed by atoms with Crippen molar-refractivity contribution in [2.75, 3.05) is 0 Å². The third kappa shape index (κ3) is 2.55. The highest BCUT2D eigenvalue weighted by Crippen LogP contribution is 2.09. The van der Waals surface area contributed by atoms with Gasteiger partial charge in [-0.05, 0) is 17.7 Å². The van der Waals surface area contributed by atoms with E-state index < -0.39 is 0 Å². The Morgan fingerprint density at radius 2 is 1.91 bits per heavy atom. The van der Waals surface area contributed by atoms with E-state index in [0.29, 0.717) is 11.4 Å². The van der Waals surface area contributed by atoms with Crippen LogP contribution in [-0.4, -0.2) is 10.1 Å².